The summed E-state index contributed by atoms with van der Waals surface area (Å²) >= 11 is 0. The van der Waals surface area contributed by atoms with Crippen LogP contribution in [0.5, 0.6) is 0 Å². The standard InChI is InChI=1S/C14H22N2O2S/c1-2-16(11-12-5-3-6-12)19(17,18)14-8-4-7-13(9-14)10-15/h4,7-9,12H,2-3,5-6,10-11,15H2,1H3. The number of nitrogens with two attached hydrogens (primary N) is 1. The van der Waals surface area contributed by atoms with Gasteiger partial charge in [-0.05, 0) is 36.5 Å². The van der Waals surface area contributed by atoms with Crippen molar-refractivity contribution in [2.75, 3.05) is 13.1 Å². The molecule has 2 N–H and O–H groups in total. The molecule has 0 spiro atoms. The third-order valence-electron chi connectivity index (χ3n) is 3.81. The molecule has 0 heterocycles. The van der Waals surface area contributed by atoms with E-state index >= 15 is 0 Å². The third kappa shape index (κ3) is 3.16. The highest BCUT2D eigenvalue weighted by atomic mass is 32.2. The molecule has 0 atom stereocenters. The van der Waals surface area contributed by atoms with Crippen molar-refractivity contribution in [3.05, 3.63) is 29.8 Å². The average Bonchev–Trinajstić information content (AvgIpc) is 2.37. The van der Waals surface area contributed by atoms with Crippen molar-refractivity contribution < 1.29 is 8.42 Å². The van der Waals surface area contributed by atoms with Crippen LogP contribution in [-0.4, -0.2) is 25.8 Å². The van der Waals surface area contributed by atoms with Crippen molar-refractivity contribution in [1.29, 1.82) is 0 Å². The highest BCUT2D eigenvalue weighted by molar-refractivity contribution is 7.89. The van der Waals surface area contributed by atoms with E-state index in [2.05, 4.69) is 0 Å². The second kappa shape index (κ2) is 6.03. The normalized spacial score (nSPS) is 16.6. The molecule has 1 aromatic carbocycles. The Hall–Kier alpha value is -0.910. The predicted molar refractivity (Wildman–Crippen MR) is 76.1 cm³/mol. The highest BCUT2D eigenvalue weighted by Gasteiger charge is 2.28. The van der Waals surface area contributed by atoms with Crippen LogP contribution in [0.2, 0.25) is 0 Å². The van der Waals surface area contributed by atoms with E-state index in [9.17, 15) is 8.42 Å². The van der Waals surface area contributed by atoms with Gasteiger partial charge in [-0.2, -0.15) is 4.31 Å². The fourth-order valence-corrected chi connectivity index (χ4v) is 3.94. The first-order valence-electron chi connectivity index (χ1n) is 6.87. The maximum Gasteiger partial charge on any atom is 0.243 e. The summed E-state index contributed by atoms with van der Waals surface area (Å²) in [6.45, 7) is 3.42. The fraction of sp³-hybridized carbons (Fsp3) is 0.571. The zero-order valence-corrected chi connectivity index (χ0v) is 12.2. The molecule has 1 aliphatic carbocycles. The molecule has 19 heavy (non-hydrogen) atoms. The highest BCUT2D eigenvalue weighted by Crippen LogP contribution is 2.29. The van der Waals surface area contributed by atoms with E-state index in [1.54, 1.807) is 22.5 Å². The summed E-state index contributed by atoms with van der Waals surface area (Å²) in [7, 11) is -3.38. The van der Waals surface area contributed by atoms with Gasteiger partial charge in [0.15, 0.2) is 0 Å². The molecule has 1 aliphatic rings. The number of rotatable bonds is 6. The molecule has 0 aliphatic heterocycles. The molecule has 0 bridgehead atoms. The van der Waals surface area contributed by atoms with Gasteiger partial charge in [0, 0.05) is 19.6 Å². The Morgan fingerprint density at radius 2 is 2.11 bits per heavy atom. The van der Waals surface area contributed by atoms with E-state index in [0.29, 0.717) is 30.4 Å². The largest absolute Gasteiger partial charge is 0.326 e. The summed E-state index contributed by atoms with van der Waals surface area (Å²) < 4.78 is 26.8. The fourth-order valence-electron chi connectivity index (χ4n) is 2.34. The van der Waals surface area contributed by atoms with E-state index in [1.165, 1.54) is 6.42 Å². The van der Waals surface area contributed by atoms with Gasteiger partial charge in [0.1, 0.15) is 0 Å². The van der Waals surface area contributed by atoms with Crippen molar-refractivity contribution >= 4 is 10.0 Å². The number of hydrogen-bond acceptors (Lipinski definition) is 3. The lowest BCUT2D eigenvalue weighted by Gasteiger charge is -2.31. The summed E-state index contributed by atoms with van der Waals surface area (Å²) in [4.78, 5) is 0.358. The molecule has 0 unspecified atom stereocenters. The van der Waals surface area contributed by atoms with Crippen LogP contribution < -0.4 is 5.73 Å². The molecule has 0 saturated heterocycles. The van der Waals surface area contributed by atoms with Gasteiger partial charge in [-0.1, -0.05) is 25.5 Å². The molecule has 0 radical (unpaired) electrons. The monoisotopic (exact) mass is 282 g/mol. The lowest BCUT2D eigenvalue weighted by Crippen LogP contribution is -2.37. The topological polar surface area (TPSA) is 63.4 Å². The van der Waals surface area contributed by atoms with Crippen molar-refractivity contribution in [2.24, 2.45) is 11.7 Å². The first-order chi connectivity index (χ1) is 9.07. The number of hydrogen-bond donors (Lipinski definition) is 1. The Labute approximate surface area is 115 Å². The van der Waals surface area contributed by atoms with Gasteiger partial charge >= 0.3 is 0 Å². The van der Waals surface area contributed by atoms with Crippen molar-refractivity contribution in [2.45, 2.75) is 37.6 Å². The molecular formula is C14H22N2O2S. The van der Waals surface area contributed by atoms with Crippen molar-refractivity contribution in [3.63, 3.8) is 0 Å². The predicted octanol–water partition coefficient (Wildman–Crippen LogP) is 1.96. The zero-order chi connectivity index (χ0) is 13.9. The molecule has 2 rings (SSSR count). The number of nitrogens with zero attached hydrogens (tertiary/aromatic N) is 1. The first kappa shape index (κ1) is 14.5. The van der Waals surface area contributed by atoms with Crippen molar-refractivity contribution in [1.82, 2.24) is 4.31 Å². The second-order valence-corrected chi connectivity index (χ2v) is 7.04. The van der Waals surface area contributed by atoms with Crippen LogP contribution in [-0.2, 0) is 16.6 Å². The van der Waals surface area contributed by atoms with Gasteiger partial charge in [-0.25, -0.2) is 8.42 Å². The molecule has 0 aromatic heterocycles. The Bertz CT molecular complexity index is 524. The summed E-state index contributed by atoms with van der Waals surface area (Å²) in [5.41, 5.74) is 6.42. The lowest BCUT2D eigenvalue weighted by atomic mass is 9.85. The van der Waals surface area contributed by atoms with Crippen LogP contribution in [0.1, 0.15) is 31.7 Å². The molecule has 1 fully saturated rings. The number of benzene rings is 1. The Morgan fingerprint density at radius 1 is 1.37 bits per heavy atom. The zero-order valence-electron chi connectivity index (χ0n) is 11.4. The molecule has 1 aromatic rings. The van der Waals surface area contributed by atoms with E-state index in [4.69, 9.17) is 5.73 Å². The van der Waals surface area contributed by atoms with E-state index < -0.39 is 10.0 Å². The van der Waals surface area contributed by atoms with Gasteiger partial charge < -0.3 is 5.73 Å². The molecule has 106 valence electrons. The Balaban J connectivity index is 2.22. The van der Waals surface area contributed by atoms with Crippen molar-refractivity contribution in [3.8, 4) is 0 Å². The minimum absolute atomic E-state index is 0.358. The minimum Gasteiger partial charge on any atom is -0.326 e. The van der Waals surface area contributed by atoms with Gasteiger partial charge in [-0.15, -0.1) is 0 Å². The maximum atomic E-state index is 12.6. The summed E-state index contributed by atoms with van der Waals surface area (Å²) in [5, 5.41) is 0. The summed E-state index contributed by atoms with van der Waals surface area (Å²) in [6.07, 6.45) is 3.52. The van der Waals surface area contributed by atoms with E-state index in [-0.39, 0.29) is 0 Å². The van der Waals surface area contributed by atoms with Crippen LogP contribution in [0.3, 0.4) is 0 Å². The minimum atomic E-state index is -3.38. The van der Waals surface area contributed by atoms with Crippen LogP contribution in [0.15, 0.2) is 29.2 Å². The second-order valence-electron chi connectivity index (χ2n) is 5.10. The molecular weight excluding hydrogens is 260 g/mol. The SMILES string of the molecule is CCN(CC1CCC1)S(=O)(=O)c1cccc(CN)c1. The number of sulfonamides is 1. The van der Waals surface area contributed by atoms with Crippen LogP contribution in [0.4, 0.5) is 0 Å². The average molecular weight is 282 g/mol. The quantitative estimate of drug-likeness (QED) is 0.867. The Morgan fingerprint density at radius 3 is 2.63 bits per heavy atom. The van der Waals surface area contributed by atoms with Crippen LogP contribution in [0.25, 0.3) is 0 Å². The molecule has 1 saturated carbocycles. The van der Waals surface area contributed by atoms with Crippen LogP contribution in [0, 0.1) is 5.92 Å². The van der Waals surface area contributed by atoms with Gasteiger partial charge in [-0.3, -0.25) is 0 Å². The smallest absolute Gasteiger partial charge is 0.243 e. The lowest BCUT2D eigenvalue weighted by molar-refractivity contribution is 0.250. The first-order valence-corrected chi connectivity index (χ1v) is 8.31. The Kier molecular flexibility index (Phi) is 4.60. The van der Waals surface area contributed by atoms with E-state index in [0.717, 1.165) is 18.4 Å². The third-order valence-corrected chi connectivity index (χ3v) is 5.75. The summed E-state index contributed by atoms with van der Waals surface area (Å²) in [6, 6.07) is 6.93. The maximum absolute atomic E-state index is 12.6. The molecule has 0 amide bonds. The van der Waals surface area contributed by atoms with Crippen LogP contribution >= 0.6 is 0 Å². The van der Waals surface area contributed by atoms with Gasteiger partial charge in [0.2, 0.25) is 10.0 Å². The molecule has 4 nitrogen and oxygen atoms in total. The molecule has 5 heteroatoms. The summed E-state index contributed by atoms with van der Waals surface area (Å²) in [5.74, 6) is 0.535. The van der Waals surface area contributed by atoms with E-state index in [1.807, 2.05) is 13.0 Å². The van der Waals surface area contributed by atoms with Gasteiger partial charge in [0.25, 0.3) is 0 Å². The van der Waals surface area contributed by atoms with Gasteiger partial charge in [0.05, 0.1) is 4.90 Å².